The molecule has 4 nitrogen and oxygen atoms in total. The summed E-state index contributed by atoms with van der Waals surface area (Å²) in [4.78, 5) is 3.75. The predicted octanol–water partition coefficient (Wildman–Crippen LogP) is 0.283. The summed E-state index contributed by atoms with van der Waals surface area (Å²) in [6.07, 6.45) is 0. The summed E-state index contributed by atoms with van der Waals surface area (Å²) in [5.74, 6) is 0. The molecule has 0 aliphatic carbocycles. The van der Waals surface area contributed by atoms with Crippen molar-refractivity contribution in [3.63, 3.8) is 0 Å². The number of nitrogens with one attached hydrogen (secondary N) is 1. The lowest BCUT2D eigenvalue weighted by molar-refractivity contribution is 0.613. The molecular weight excluding hydrogens is 176 g/mol. The Morgan fingerprint density at radius 2 is 2.25 bits per heavy atom. The zero-order valence-corrected chi connectivity index (χ0v) is 7.93. The van der Waals surface area contributed by atoms with E-state index in [1.165, 1.54) is 5.41 Å². The normalized spacial score (nSPS) is 20.1. The standard InChI is InChI=1S/C7H12N2O2S/c1-6(2)8-3-7-4-12(10,11)5-9-7/h4-6,8H,3H2,1-2H3. The van der Waals surface area contributed by atoms with Crippen LogP contribution in [-0.2, 0) is 9.84 Å². The van der Waals surface area contributed by atoms with Crippen molar-refractivity contribution in [2.24, 2.45) is 4.99 Å². The van der Waals surface area contributed by atoms with Gasteiger partial charge in [0.25, 0.3) is 0 Å². The molecule has 68 valence electrons. The highest BCUT2D eigenvalue weighted by Crippen LogP contribution is 2.07. The highest BCUT2D eigenvalue weighted by Gasteiger charge is 2.12. The Morgan fingerprint density at radius 3 is 2.67 bits per heavy atom. The molecule has 0 amide bonds. The maximum Gasteiger partial charge on any atom is 0.211 e. The van der Waals surface area contributed by atoms with E-state index in [0.717, 1.165) is 5.55 Å². The molecule has 0 aromatic rings. The van der Waals surface area contributed by atoms with Crippen molar-refractivity contribution in [2.45, 2.75) is 19.9 Å². The Bertz CT molecular complexity index is 314. The van der Waals surface area contributed by atoms with Crippen molar-refractivity contribution >= 4 is 15.4 Å². The van der Waals surface area contributed by atoms with Gasteiger partial charge < -0.3 is 5.32 Å². The third kappa shape index (κ3) is 2.75. The second-order valence-corrected chi connectivity index (χ2v) is 4.59. The Hall–Kier alpha value is -0.680. The van der Waals surface area contributed by atoms with Crippen LogP contribution in [0.3, 0.4) is 0 Å². The minimum absolute atomic E-state index is 0.337. The van der Waals surface area contributed by atoms with E-state index < -0.39 is 9.84 Å². The molecule has 12 heavy (non-hydrogen) atoms. The van der Waals surface area contributed by atoms with Crippen molar-refractivity contribution in [3.8, 4) is 0 Å². The van der Waals surface area contributed by atoms with E-state index in [4.69, 9.17) is 0 Å². The van der Waals surface area contributed by atoms with Crippen LogP contribution >= 0.6 is 0 Å². The molecule has 0 saturated carbocycles. The molecule has 1 N–H and O–H groups in total. The van der Waals surface area contributed by atoms with Gasteiger partial charge in [-0.3, -0.25) is 0 Å². The van der Waals surface area contributed by atoms with Crippen molar-refractivity contribution < 1.29 is 8.42 Å². The van der Waals surface area contributed by atoms with Gasteiger partial charge in [0.2, 0.25) is 9.84 Å². The molecule has 1 aliphatic rings. The largest absolute Gasteiger partial charge is 0.309 e. The molecule has 0 fully saturated rings. The minimum Gasteiger partial charge on any atom is -0.309 e. The third-order valence-electron chi connectivity index (χ3n) is 1.36. The van der Waals surface area contributed by atoms with Gasteiger partial charge in [0.15, 0.2) is 0 Å². The quantitative estimate of drug-likeness (QED) is 0.692. The zero-order valence-electron chi connectivity index (χ0n) is 7.11. The van der Waals surface area contributed by atoms with Gasteiger partial charge in [0.05, 0.1) is 11.1 Å². The molecule has 0 bridgehead atoms. The average Bonchev–Trinajstić information content (AvgIpc) is 2.26. The molecule has 0 saturated heterocycles. The number of rotatable bonds is 3. The van der Waals surface area contributed by atoms with Crippen molar-refractivity contribution in [2.75, 3.05) is 6.54 Å². The summed E-state index contributed by atoms with van der Waals surface area (Å²) >= 11 is 0. The number of sulfone groups is 1. The van der Waals surface area contributed by atoms with Crippen molar-refractivity contribution in [1.82, 2.24) is 5.32 Å². The molecule has 0 atom stereocenters. The Balaban J connectivity index is 2.53. The van der Waals surface area contributed by atoms with Crippen LogP contribution in [0.5, 0.6) is 0 Å². The fraction of sp³-hybridized carbons (Fsp3) is 0.571. The van der Waals surface area contributed by atoms with E-state index >= 15 is 0 Å². The maximum atomic E-state index is 10.8. The first-order valence-corrected chi connectivity index (χ1v) is 5.34. The Morgan fingerprint density at radius 1 is 1.58 bits per heavy atom. The Kier molecular flexibility index (Phi) is 2.64. The fourth-order valence-corrected chi connectivity index (χ4v) is 1.65. The third-order valence-corrected chi connectivity index (χ3v) is 2.36. The van der Waals surface area contributed by atoms with Crippen LogP contribution in [0.4, 0.5) is 0 Å². The maximum absolute atomic E-state index is 10.8. The monoisotopic (exact) mass is 188 g/mol. The zero-order chi connectivity index (χ0) is 9.19. The van der Waals surface area contributed by atoms with Crippen LogP contribution in [0, 0.1) is 0 Å². The van der Waals surface area contributed by atoms with Gasteiger partial charge in [-0.05, 0) is 0 Å². The number of hydrogen-bond donors (Lipinski definition) is 1. The summed E-state index contributed by atoms with van der Waals surface area (Å²) in [7, 11) is -3.14. The van der Waals surface area contributed by atoms with Gasteiger partial charge in [-0.25, -0.2) is 13.4 Å². The fourth-order valence-electron chi connectivity index (χ4n) is 0.788. The highest BCUT2D eigenvalue weighted by atomic mass is 32.2. The van der Waals surface area contributed by atoms with E-state index in [9.17, 15) is 8.42 Å². The summed E-state index contributed by atoms with van der Waals surface area (Å²) in [5.41, 5.74) is 1.55. The van der Waals surface area contributed by atoms with E-state index in [1.807, 2.05) is 13.8 Å². The van der Waals surface area contributed by atoms with Crippen LogP contribution in [0.15, 0.2) is 16.1 Å². The summed E-state index contributed by atoms with van der Waals surface area (Å²) in [5, 5.41) is 4.26. The average molecular weight is 188 g/mol. The second-order valence-electron chi connectivity index (χ2n) is 2.97. The van der Waals surface area contributed by atoms with Crippen LogP contribution in [0.1, 0.15) is 13.8 Å². The SMILES string of the molecule is CC(C)NCC1=CS(=O)(=O)C=N1. The van der Waals surface area contributed by atoms with Crippen LogP contribution in [0.2, 0.25) is 0 Å². The highest BCUT2D eigenvalue weighted by molar-refractivity contribution is 8.07. The van der Waals surface area contributed by atoms with Gasteiger partial charge in [-0.1, -0.05) is 13.8 Å². The van der Waals surface area contributed by atoms with Gasteiger partial charge in [0, 0.05) is 12.6 Å². The van der Waals surface area contributed by atoms with E-state index in [2.05, 4.69) is 10.3 Å². The van der Waals surface area contributed by atoms with Crippen LogP contribution in [0.25, 0.3) is 0 Å². The number of aliphatic imine (C=N–C) groups is 1. The van der Waals surface area contributed by atoms with Crippen molar-refractivity contribution in [1.29, 1.82) is 0 Å². The van der Waals surface area contributed by atoms with Gasteiger partial charge in [-0.15, -0.1) is 0 Å². The first-order valence-electron chi connectivity index (χ1n) is 3.73. The van der Waals surface area contributed by atoms with E-state index in [1.54, 1.807) is 0 Å². The van der Waals surface area contributed by atoms with Crippen LogP contribution < -0.4 is 5.32 Å². The minimum atomic E-state index is -3.14. The molecule has 5 heteroatoms. The molecule has 0 radical (unpaired) electrons. The molecule has 0 unspecified atom stereocenters. The molecule has 1 rings (SSSR count). The molecule has 1 aliphatic heterocycles. The molecule has 0 spiro atoms. The summed E-state index contributed by atoms with van der Waals surface area (Å²) in [6.45, 7) is 4.49. The van der Waals surface area contributed by atoms with Crippen molar-refractivity contribution in [3.05, 3.63) is 11.1 Å². The van der Waals surface area contributed by atoms with E-state index in [0.29, 0.717) is 18.3 Å². The second kappa shape index (κ2) is 3.37. The van der Waals surface area contributed by atoms with Gasteiger partial charge in [-0.2, -0.15) is 0 Å². The van der Waals surface area contributed by atoms with Gasteiger partial charge >= 0.3 is 0 Å². The first-order chi connectivity index (χ1) is 5.49. The van der Waals surface area contributed by atoms with E-state index in [-0.39, 0.29) is 0 Å². The number of nitrogens with zero attached hydrogens (tertiary/aromatic N) is 1. The molecular formula is C7H12N2O2S. The number of hydrogen-bond acceptors (Lipinski definition) is 4. The predicted molar refractivity (Wildman–Crippen MR) is 48.6 cm³/mol. The molecule has 1 heterocycles. The lowest BCUT2D eigenvalue weighted by atomic mass is 10.4. The first kappa shape index (κ1) is 9.41. The summed E-state index contributed by atoms with van der Waals surface area (Å²) < 4.78 is 21.7. The Labute approximate surface area is 72.3 Å². The smallest absolute Gasteiger partial charge is 0.211 e. The topological polar surface area (TPSA) is 58.5 Å². The lowest BCUT2D eigenvalue weighted by Gasteiger charge is -2.05. The molecule has 0 aromatic carbocycles. The lowest BCUT2D eigenvalue weighted by Crippen LogP contribution is -2.24. The van der Waals surface area contributed by atoms with Gasteiger partial charge in [0.1, 0.15) is 5.55 Å². The van der Waals surface area contributed by atoms with Crippen LogP contribution in [-0.4, -0.2) is 26.6 Å². The molecule has 0 aromatic heterocycles. The summed E-state index contributed by atoms with van der Waals surface area (Å²) in [6, 6.07) is 0.337.